The summed E-state index contributed by atoms with van der Waals surface area (Å²) in [5, 5.41) is 0. The van der Waals surface area contributed by atoms with E-state index in [0.717, 1.165) is 24.9 Å². The smallest absolute Gasteiger partial charge is 0.316 e. The molecule has 0 N–H and O–H groups in total. The molecule has 0 aromatic heterocycles. The van der Waals surface area contributed by atoms with E-state index in [2.05, 4.69) is 0 Å². The van der Waals surface area contributed by atoms with Gasteiger partial charge in [0.2, 0.25) is 17.7 Å². The summed E-state index contributed by atoms with van der Waals surface area (Å²) in [6, 6.07) is 15.8. The quantitative estimate of drug-likeness (QED) is 0.411. The maximum Gasteiger partial charge on any atom is 0.316 e. The highest BCUT2D eigenvalue weighted by molar-refractivity contribution is 6.22. The maximum absolute atomic E-state index is 13.0. The lowest BCUT2D eigenvalue weighted by Crippen LogP contribution is -2.32. The van der Waals surface area contributed by atoms with Gasteiger partial charge < -0.3 is 9.64 Å². The van der Waals surface area contributed by atoms with E-state index in [1.54, 1.807) is 29.2 Å². The predicted molar refractivity (Wildman–Crippen MR) is 119 cm³/mol. The van der Waals surface area contributed by atoms with Crippen molar-refractivity contribution in [2.45, 2.75) is 25.7 Å². The number of ether oxygens (including phenoxy) is 1. The second-order valence-corrected chi connectivity index (χ2v) is 9.55. The number of carbonyl (C=O) groups is 4. The normalized spacial score (nSPS) is 30.3. The average Bonchev–Trinajstić information content (AvgIpc) is 3.59. The summed E-state index contributed by atoms with van der Waals surface area (Å²) in [6.45, 7) is 0.279. The van der Waals surface area contributed by atoms with Crippen molar-refractivity contribution in [1.29, 1.82) is 0 Å². The monoisotopic (exact) mass is 444 g/mol. The van der Waals surface area contributed by atoms with Gasteiger partial charge in [-0.25, -0.2) is 0 Å². The number of para-hydroxylation sites is 1. The summed E-state index contributed by atoms with van der Waals surface area (Å²) in [5.41, 5.74) is 1.28. The lowest BCUT2D eigenvalue weighted by molar-refractivity contribution is -0.139. The predicted octanol–water partition coefficient (Wildman–Crippen LogP) is 3.18. The van der Waals surface area contributed by atoms with Crippen molar-refractivity contribution in [2.75, 3.05) is 16.3 Å². The molecule has 2 saturated heterocycles. The number of nitrogens with zero attached hydrogens (tertiary/aromatic N) is 2. The molecule has 2 saturated carbocycles. The van der Waals surface area contributed by atoms with Gasteiger partial charge in [0.05, 0.1) is 23.4 Å². The van der Waals surface area contributed by atoms with Crippen molar-refractivity contribution < 1.29 is 23.9 Å². The zero-order valence-electron chi connectivity index (χ0n) is 18.1. The van der Waals surface area contributed by atoms with E-state index in [0.29, 0.717) is 23.3 Å². The van der Waals surface area contributed by atoms with E-state index < -0.39 is 11.9 Å². The second-order valence-electron chi connectivity index (χ2n) is 9.55. The lowest BCUT2D eigenvalue weighted by Gasteiger charge is -2.19. The Hall–Kier alpha value is -3.48. The number of amides is 3. The Kier molecular flexibility index (Phi) is 4.60. The molecule has 3 amide bonds. The number of anilines is 2. The molecule has 33 heavy (non-hydrogen) atoms. The van der Waals surface area contributed by atoms with Crippen LogP contribution >= 0.6 is 0 Å². The van der Waals surface area contributed by atoms with Crippen LogP contribution in [0.2, 0.25) is 0 Å². The summed E-state index contributed by atoms with van der Waals surface area (Å²) < 4.78 is 5.51. The molecule has 2 aromatic carbocycles. The molecule has 2 bridgehead atoms. The van der Waals surface area contributed by atoms with Crippen molar-refractivity contribution in [2.24, 2.45) is 29.6 Å². The molecule has 0 radical (unpaired) electrons. The first-order valence-corrected chi connectivity index (χ1v) is 11.6. The van der Waals surface area contributed by atoms with Crippen LogP contribution in [0.15, 0.2) is 54.6 Å². The third-order valence-corrected chi connectivity index (χ3v) is 7.77. The minimum atomic E-state index is -0.547. The van der Waals surface area contributed by atoms with E-state index in [4.69, 9.17) is 4.74 Å². The number of benzene rings is 2. The van der Waals surface area contributed by atoms with Crippen LogP contribution in [0.1, 0.15) is 25.7 Å². The van der Waals surface area contributed by atoms with Gasteiger partial charge in [0.25, 0.3) is 0 Å². The van der Waals surface area contributed by atoms with Crippen LogP contribution < -0.4 is 14.5 Å². The van der Waals surface area contributed by atoms with E-state index in [9.17, 15) is 19.2 Å². The second kappa shape index (κ2) is 7.54. The number of imide groups is 1. The Labute approximate surface area is 191 Å². The topological polar surface area (TPSA) is 84.0 Å². The summed E-state index contributed by atoms with van der Waals surface area (Å²) in [7, 11) is 0. The van der Waals surface area contributed by atoms with Gasteiger partial charge in [-0.05, 0) is 67.5 Å². The van der Waals surface area contributed by atoms with Gasteiger partial charge in [0.1, 0.15) is 5.75 Å². The third kappa shape index (κ3) is 3.17. The van der Waals surface area contributed by atoms with Crippen LogP contribution in [0.25, 0.3) is 0 Å². The van der Waals surface area contributed by atoms with E-state index >= 15 is 0 Å². The molecule has 7 nitrogen and oxygen atoms in total. The lowest BCUT2D eigenvalue weighted by atomic mass is 9.81. The van der Waals surface area contributed by atoms with Crippen LogP contribution in [0.3, 0.4) is 0 Å². The molecule has 0 unspecified atom stereocenters. The van der Waals surface area contributed by atoms with Crippen molar-refractivity contribution in [1.82, 2.24) is 0 Å². The Morgan fingerprint density at radius 1 is 0.818 bits per heavy atom. The van der Waals surface area contributed by atoms with Crippen molar-refractivity contribution in [3.05, 3.63) is 54.6 Å². The van der Waals surface area contributed by atoms with E-state index in [-0.39, 0.29) is 42.5 Å². The van der Waals surface area contributed by atoms with Gasteiger partial charge >= 0.3 is 5.97 Å². The third-order valence-electron chi connectivity index (χ3n) is 7.77. The van der Waals surface area contributed by atoms with E-state index in [1.807, 2.05) is 30.3 Å². The van der Waals surface area contributed by atoms with Crippen molar-refractivity contribution in [3.63, 3.8) is 0 Å². The standard InChI is InChI=1S/C26H24N2O5/c29-21-13-17(14-27(21)18-4-2-1-3-5-18)26(32)33-20-10-8-19(9-11-20)28-24(30)22-15-6-7-16(12-15)23(22)25(28)31/h1-5,8-11,15-17,22-23H,6-7,12-14H2/t15-,16-,17+,22-,23+/m0/s1. The fourth-order valence-electron chi connectivity index (χ4n) is 6.25. The van der Waals surface area contributed by atoms with Crippen LogP contribution in [-0.4, -0.2) is 30.2 Å². The van der Waals surface area contributed by atoms with Crippen LogP contribution in [0.4, 0.5) is 11.4 Å². The molecule has 6 rings (SSSR count). The summed E-state index contributed by atoms with van der Waals surface area (Å²) in [4.78, 5) is 53.9. The molecule has 168 valence electrons. The largest absolute Gasteiger partial charge is 0.426 e. The molecule has 0 spiro atoms. The summed E-state index contributed by atoms with van der Waals surface area (Å²) >= 11 is 0. The highest BCUT2D eigenvalue weighted by atomic mass is 16.5. The van der Waals surface area contributed by atoms with Crippen LogP contribution in [0.5, 0.6) is 5.75 Å². The summed E-state index contributed by atoms with van der Waals surface area (Å²) in [6.07, 6.45) is 3.19. The number of fused-ring (bicyclic) bond motifs is 5. The molecule has 2 aliphatic heterocycles. The SMILES string of the molecule is O=C(Oc1ccc(N2C(=O)[C@@H]3[C@H]4CC[C@@H](C4)[C@@H]3C2=O)cc1)[C@@H]1CC(=O)N(c2ccccc2)C1. The Balaban J connectivity index is 1.13. The Bertz CT molecular complexity index is 1120. The molecular weight excluding hydrogens is 420 g/mol. The molecule has 2 aromatic rings. The molecule has 7 heteroatoms. The molecule has 4 aliphatic rings. The fourth-order valence-corrected chi connectivity index (χ4v) is 6.25. The van der Waals surface area contributed by atoms with Gasteiger partial charge in [-0.2, -0.15) is 0 Å². The number of esters is 1. The van der Waals surface area contributed by atoms with Gasteiger partial charge in [-0.3, -0.25) is 24.1 Å². The highest BCUT2D eigenvalue weighted by Gasteiger charge is 2.61. The number of carbonyl (C=O) groups excluding carboxylic acids is 4. The molecule has 2 aliphatic carbocycles. The van der Waals surface area contributed by atoms with Crippen LogP contribution in [0, 0.1) is 29.6 Å². The Morgan fingerprint density at radius 3 is 2.09 bits per heavy atom. The zero-order valence-corrected chi connectivity index (χ0v) is 18.1. The van der Waals surface area contributed by atoms with Gasteiger partial charge in [-0.1, -0.05) is 18.2 Å². The number of hydrogen-bond acceptors (Lipinski definition) is 5. The first-order chi connectivity index (χ1) is 16.0. The molecule has 2 heterocycles. The van der Waals surface area contributed by atoms with Crippen LogP contribution in [-0.2, 0) is 19.2 Å². The first kappa shape index (κ1) is 20.1. The highest BCUT2D eigenvalue weighted by Crippen LogP contribution is 2.56. The minimum Gasteiger partial charge on any atom is -0.426 e. The molecule has 4 fully saturated rings. The Morgan fingerprint density at radius 2 is 1.45 bits per heavy atom. The van der Waals surface area contributed by atoms with Gasteiger partial charge in [-0.15, -0.1) is 0 Å². The van der Waals surface area contributed by atoms with Gasteiger partial charge in [0.15, 0.2) is 0 Å². The number of rotatable bonds is 4. The van der Waals surface area contributed by atoms with Crippen molar-refractivity contribution in [3.8, 4) is 5.75 Å². The van der Waals surface area contributed by atoms with E-state index in [1.165, 1.54) is 4.90 Å². The van der Waals surface area contributed by atoms with Crippen molar-refractivity contribution >= 4 is 35.1 Å². The fraction of sp³-hybridized carbons (Fsp3) is 0.385. The van der Waals surface area contributed by atoms with Gasteiger partial charge in [0, 0.05) is 18.7 Å². The minimum absolute atomic E-state index is 0.0904. The first-order valence-electron chi connectivity index (χ1n) is 11.6. The molecular formula is C26H24N2O5. The number of hydrogen-bond donors (Lipinski definition) is 0. The zero-order chi connectivity index (χ0) is 22.7. The summed E-state index contributed by atoms with van der Waals surface area (Å²) in [5.74, 6) is -0.625. The average molecular weight is 444 g/mol. The maximum atomic E-state index is 13.0. The molecule has 5 atom stereocenters.